The van der Waals surface area contributed by atoms with Gasteiger partial charge in [-0.25, -0.2) is 9.48 Å². The highest BCUT2D eigenvalue weighted by Gasteiger charge is 2.34. The van der Waals surface area contributed by atoms with Crippen molar-refractivity contribution < 1.29 is 14.4 Å². The van der Waals surface area contributed by atoms with E-state index in [1.54, 1.807) is 6.20 Å². The van der Waals surface area contributed by atoms with E-state index in [0.717, 1.165) is 31.5 Å². The van der Waals surface area contributed by atoms with E-state index in [1.807, 2.05) is 6.20 Å². The van der Waals surface area contributed by atoms with Gasteiger partial charge in [-0.3, -0.25) is 0 Å². The highest BCUT2D eigenvalue weighted by atomic mass is 16.4. The van der Waals surface area contributed by atoms with E-state index in [0.29, 0.717) is 13.1 Å². The first kappa shape index (κ1) is 31.6. The number of nitrogens with zero attached hydrogens (tertiary/aromatic N) is 2. The predicted octanol–water partition coefficient (Wildman–Crippen LogP) is 6.77. The Bertz CT molecular complexity index is 615. The van der Waals surface area contributed by atoms with Gasteiger partial charge in [0.15, 0.2) is 0 Å². The van der Waals surface area contributed by atoms with Crippen LogP contribution in [0.15, 0.2) is 29.5 Å². The van der Waals surface area contributed by atoms with E-state index in [1.165, 1.54) is 103 Å². The van der Waals surface area contributed by atoms with Crippen LogP contribution in [-0.4, -0.2) is 35.9 Å². The summed E-state index contributed by atoms with van der Waals surface area (Å²) in [6, 6.07) is 0. The second-order valence-corrected chi connectivity index (χ2v) is 10.4. The number of carbonyl (C=O) groups excluding carboxylic acids is 1. The summed E-state index contributed by atoms with van der Waals surface area (Å²) in [5.41, 5.74) is 5.71. The summed E-state index contributed by atoms with van der Waals surface area (Å²) in [7, 11) is 0. The molecule has 0 bridgehead atoms. The number of carboxylic acids is 1. The molecule has 0 aromatic carbocycles. The first-order chi connectivity index (χ1) is 17.1. The third kappa shape index (κ3) is 16.0. The Morgan fingerprint density at radius 1 is 0.829 bits per heavy atom. The lowest BCUT2D eigenvalue weighted by atomic mass is 10.0. The van der Waals surface area contributed by atoms with E-state index in [2.05, 4.69) is 24.1 Å². The van der Waals surface area contributed by atoms with Crippen molar-refractivity contribution in [3.05, 3.63) is 24.6 Å². The summed E-state index contributed by atoms with van der Waals surface area (Å²) in [4.78, 5) is 15.6. The first-order valence-corrected chi connectivity index (χ1v) is 14.8. The quantitative estimate of drug-likeness (QED) is 0.0872. The van der Waals surface area contributed by atoms with Gasteiger partial charge in [0.1, 0.15) is 19.3 Å². The van der Waals surface area contributed by atoms with E-state index < -0.39 is 5.97 Å². The number of quaternary nitrogens is 1. The molecule has 0 saturated carbocycles. The molecule has 1 heterocycles. The van der Waals surface area contributed by atoms with Crippen molar-refractivity contribution in [2.24, 2.45) is 10.7 Å². The van der Waals surface area contributed by atoms with E-state index in [9.17, 15) is 9.90 Å². The van der Waals surface area contributed by atoms with Crippen LogP contribution in [0.4, 0.5) is 0 Å². The molecule has 1 rings (SSSR count). The normalized spacial score (nSPS) is 17.5. The maximum absolute atomic E-state index is 11.2. The maximum atomic E-state index is 11.2. The van der Waals surface area contributed by atoms with Crippen molar-refractivity contribution >= 4 is 11.8 Å². The summed E-state index contributed by atoms with van der Waals surface area (Å²) in [5, 5.41) is 11.2. The molecule has 1 atom stereocenters. The van der Waals surface area contributed by atoms with Crippen molar-refractivity contribution in [2.45, 2.75) is 135 Å². The van der Waals surface area contributed by atoms with Crippen LogP contribution in [0.25, 0.3) is 0 Å². The van der Waals surface area contributed by atoms with Crippen LogP contribution in [0.3, 0.4) is 0 Å². The monoisotopic (exact) mass is 489 g/mol. The molecule has 0 saturated heterocycles. The number of carboxylic acid groups (broad SMARTS) is 1. The molecule has 5 heteroatoms. The third-order valence-electron chi connectivity index (χ3n) is 7.19. The molecule has 0 aliphatic carbocycles. The van der Waals surface area contributed by atoms with Gasteiger partial charge in [-0.2, -0.15) is 0 Å². The fourth-order valence-electron chi connectivity index (χ4n) is 5.04. The Labute approximate surface area is 216 Å². The van der Waals surface area contributed by atoms with Crippen LogP contribution < -0.4 is 10.8 Å². The highest BCUT2D eigenvalue weighted by molar-refractivity contribution is 5.80. The Hall–Kier alpha value is -1.46. The molecule has 1 aliphatic heterocycles. The Kier molecular flexibility index (Phi) is 19.7. The molecule has 0 spiro atoms. The van der Waals surface area contributed by atoms with Crippen LogP contribution in [0.2, 0.25) is 0 Å². The molecule has 5 nitrogen and oxygen atoms in total. The van der Waals surface area contributed by atoms with Crippen LogP contribution in [0.5, 0.6) is 0 Å². The summed E-state index contributed by atoms with van der Waals surface area (Å²) in [6.07, 6.45) is 34.6. The Balaban J connectivity index is 1.90. The topological polar surface area (TPSA) is 78.5 Å². The van der Waals surface area contributed by atoms with Crippen LogP contribution >= 0.6 is 0 Å². The zero-order valence-corrected chi connectivity index (χ0v) is 22.9. The number of aliphatic carboxylic acids is 1. The molecule has 2 N–H and O–H groups in total. The van der Waals surface area contributed by atoms with Gasteiger partial charge in [0.05, 0.1) is 12.2 Å². The van der Waals surface area contributed by atoms with Gasteiger partial charge < -0.3 is 15.6 Å². The summed E-state index contributed by atoms with van der Waals surface area (Å²) in [6.45, 7) is 3.19. The summed E-state index contributed by atoms with van der Waals surface area (Å²) < 4.78 is 0.230. The highest BCUT2D eigenvalue weighted by Crippen LogP contribution is 2.20. The van der Waals surface area contributed by atoms with E-state index >= 15 is 0 Å². The van der Waals surface area contributed by atoms with Crippen molar-refractivity contribution in [1.82, 2.24) is 0 Å². The van der Waals surface area contributed by atoms with Crippen molar-refractivity contribution in [2.75, 3.05) is 19.6 Å². The molecule has 35 heavy (non-hydrogen) atoms. The molecule has 0 amide bonds. The van der Waals surface area contributed by atoms with Gasteiger partial charge in [0, 0.05) is 13.0 Å². The molecule has 1 aliphatic rings. The molecule has 0 aromatic rings. The summed E-state index contributed by atoms with van der Waals surface area (Å²) in [5.74, 6) is -0.152. The predicted molar refractivity (Wildman–Crippen MR) is 148 cm³/mol. The van der Waals surface area contributed by atoms with Gasteiger partial charge in [-0.1, -0.05) is 109 Å². The lowest BCUT2D eigenvalue weighted by Gasteiger charge is -2.32. The standard InChI is InChI=1S/C30H55N3O2/c1-2-3-4-5-6-7-8-9-10-11-12-13-14-15-16-17-18-19-20-21-22-23-29-32-25-27-33(29,26-24-31)28-30(34)35/h18-19,25,27H,2-17,20-24,26,28,31H2,1H3/b19-18+. The smallest absolute Gasteiger partial charge is 0.207 e. The molecule has 202 valence electrons. The molecular weight excluding hydrogens is 434 g/mol. The second kappa shape index (κ2) is 21.8. The van der Waals surface area contributed by atoms with Gasteiger partial charge in [0.25, 0.3) is 0 Å². The number of unbranched alkanes of at least 4 members (excludes halogenated alkanes) is 17. The maximum Gasteiger partial charge on any atom is 0.207 e. The largest absolute Gasteiger partial charge is 0.544 e. The van der Waals surface area contributed by atoms with E-state index in [4.69, 9.17) is 5.73 Å². The minimum Gasteiger partial charge on any atom is -0.544 e. The Morgan fingerprint density at radius 3 is 1.80 bits per heavy atom. The zero-order chi connectivity index (χ0) is 25.5. The van der Waals surface area contributed by atoms with E-state index in [-0.39, 0.29) is 11.0 Å². The number of allylic oxidation sites excluding steroid dienone is 2. The third-order valence-corrected chi connectivity index (χ3v) is 7.19. The zero-order valence-electron chi connectivity index (χ0n) is 22.9. The Morgan fingerprint density at radius 2 is 1.31 bits per heavy atom. The first-order valence-electron chi connectivity index (χ1n) is 14.8. The minimum atomic E-state index is -1.06. The average Bonchev–Trinajstić information content (AvgIpc) is 3.21. The lowest BCUT2D eigenvalue weighted by Crippen LogP contribution is -2.55. The van der Waals surface area contributed by atoms with Crippen molar-refractivity contribution in [3.8, 4) is 0 Å². The number of nitrogens with two attached hydrogens (primary N) is 1. The van der Waals surface area contributed by atoms with Crippen molar-refractivity contribution in [3.63, 3.8) is 0 Å². The number of rotatable bonds is 25. The molecular formula is C30H55N3O2. The summed E-state index contributed by atoms with van der Waals surface area (Å²) >= 11 is 0. The molecule has 0 radical (unpaired) electrons. The lowest BCUT2D eigenvalue weighted by molar-refractivity contribution is -0.780. The number of hydrogen-bond donors (Lipinski definition) is 1. The van der Waals surface area contributed by atoms with Gasteiger partial charge >= 0.3 is 0 Å². The molecule has 1 unspecified atom stereocenters. The fourth-order valence-corrected chi connectivity index (χ4v) is 5.04. The SMILES string of the molecule is CCCCCCCCCCCCCCCCC/C=C/CCCCC1=NC=C[N+]1(CCN)CC(=O)[O-]. The average molecular weight is 490 g/mol. The van der Waals surface area contributed by atoms with Gasteiger partial charge in [0.2, 0.25) is 5.84 Å². The number of carbonyl (C=O) groups is 1. The van der Waals surface area contributed by atoms with Crippen LogP contribution in [0.1, 0.15) is 135 Å². The minimum absolute atomic E-state index is 0.0777. The van der Waals surface area contributed by atoms with Gasteiger partial charge in [-0.15, -0.1) is 0 Å². The fraction of sp³-hybridized carbons (Fsp3) is 0.800. The molecule has 0 aromatic heterocycles. The van der Waals surface area contributed by atoms with Crippen molar-refractivity contribution in [1.29, 1.82) is 0 Å². The van der Waals surface area contributed by atoms with Gasteiger partial charge in [-0.05, 0) is 32.1 Å². The number of hydrogen-bond acceptors (Lipinski definition) is 4. The second-order valence-electron chi connectivity index (χ2n) is 10.4. The molecule has 0 fully saturated rings. The van der Waals surface area contributed by atoms with Crippen LogP contribution in [-0.2, 0) is 4.79 Å². The number of amidine groups is 1. The number of aliphatic imine (C=N–C) groups is 1. The van der Waals surface area contributed by atoms with Crippen LogP contribution in [0, 0.1) is 0 Å².